The van der Waals surface area contributed by atoms with Crippen molar-refractivity contribution in [3.8, 4) is 0 Å². The third-order valence-corrected chi connectivity index (χ3v) is 3.76. The number of rotatable bonds is 4. The number of pyridine rings is 1. The van der Waals surface area contributed by atoms with Crippen molar-refractivity contribution < 1.29 is 0 Å². The summed E-state index contributed by atoms with van der Waals surface area (Å²) >= 11 is 0. The molecule has 0 bridgehead atoms. The number of hydrogen-bond donors (Lipinski definition) is 2. The Balaban J connectivity index is 1.98. The first-order chi connectivity index (χ1) is 10.2. The summed E-state index contributed by atoms with van der Waals surface area (Å²) in [5.41, 5.74) is 7.21. The minimum absolute atomic E-state index is 0.0157. The number of fused-ring (bicyclic) bond motifs is 1. The van der Waals surface area contributed by atoms with Crippen molar-refractivity contribution in [3.05, 3.63) is 59.5 Å². The maximum Gasteiger partial charge on any atom is 0.0704 e. The zero-order valence-corrected chi connectivity index (χ0v) is 12.2. The Hall–Kier alpha value is -2.24. The molecule has 2 heterocycles. The van der Waals surface area contributed by atoms with Crippen LogP contribution in [-0.2, 0) is 13.5 Å². The van der Waals surface area contributed by atoms with Crippen molar-refractivity contribution >= 4 is 10.9 Å². The molecular weight excluding hydrogens is 262 g/mol. The Kier molecular flexibility index (Phi) is 3.68. The zero-order valence-electron chi connectivity index (χ0n) is 12.2. The Morgan fingerprint density at radius 2 is 2.10 bits per heavy atom. The number of hydrogen-bond acceptors (Lipinski definition) is 4. The van der Waals surface area contributed by atoms with Crippen LogP contribution in [-0.4, -0.2) is 14.8 Å². The quantitative estimate of drug-likeness (QED) is 0.567. The van der Waals surface area contributed by atoms with Gasteiger partial charge in [0.2, 0.25) is 0 Å². The van der Waals surface area contributed by atoms with Gasteiger partial charge in [-0.15, -0.1) is 0 Å². The summed E-state index contributed by atoms with van der Waals surface area (Å²) in [6, 6.07) is 12.3. The van der Waals surface area contributed by atoms with Gasteiger partial charge >= 0.3 is 0 Å². The fraction of sp³-hybridized carbons (Fsp3) is 0.250. The lowest BCUT2D eigenvalue weighted by Gasteiger charge is -2.17. The van der Waals surface area contributed by atoms with E-state index in [1.807, 2.05) is 43.0 Å². The number of hydrazine groups is 1. The van der Waals surface area contributed by atoms with Crippen molar-refractivity contribution in [2.45, 2.75) is 19.4 Å². The first kappa shape index (κ1) is 13.7. The Bertz CT molecular complexity index is 757. The summed E-state index contributed by atoms with van der Waals surface area (Å²) in [6.45, 7) is 1.99. The Morgan fingerprint density at radius 3 is 2.81 bits per heavy atom. The Morgan fingerprint density at radius 1 is 1.29 bits per heavy atom. The smallest absolute Gasteiger partial charge is 0.0704 e. The second kappa shape index (κ2) is 5.63. The predicted molar refractivity (Wildman–Crippen MR) is 83.5 cm³/mol. The van der Waals surface area contributed by atoms with Gasteiger partial charge in [0.05, 0.1) is 22.9 Å². The number of nitrogens with two attached hydrogens (primary N) is 1. The molecule has 21 heavy (non-hydrogen) atoms. The lowest BCUT2D eigenvalue weighted by molar-refractivity contribution is 0.509. The fourth-order valence-corrected chi connectivity index (χ4v) is 2.76. The summed E-state index contributed by atoms with van der Waals surface area (Å²) in [4.78, 5) is 4.40. The Labute approximate surface area is 123 Å². The van der Waals surface area contributed by atoms with Crippen LogP contribution in [0, 0.1) is 6.92 Å². The van der Waals surface area contributed by atoms with Crippen molar-refractivity contribution in [2.24, 2.45) is 12.9 Å². The number of para-hydroxylation sites is 1. The van der Waals surface area contributed by atoms with Crippen LogP contribution in [0.2, 0.25) is 0 Å². The van der Waals surface area contributed by atoms with Crippen LogP contribution in [0.3, 0.4) is 0 Å². The third-order valence-electron chi connectivity index (χ3n) is 3.76. The standard InChI is InChI=1S/C16H19N5/c1-11-9-16(21(2)20-11)15(19-17)10-12-7-8-18-14-6-4-3-5-13(12)14/h3-9,15,19H,10,17H2,1-2H3. The van der Waals surface area contributed by atoms with Gasteiger partial charge in [0.15, 0.2) is 0 Å². The van der Waals surface area contributed by atoms with E-state index >= 15 is 0 Å². The summed E-state index contributed by atoms with van der Waals surface area (Å²) < 4.78 is 1.88. The topological polar surface area (TPSA) is 68.8 Å². The number of benzene rings is 1. The van der Waals surface area contributed by atoms with Gasteiger partial charge in [0, 0.05) is 18.6 Å². The second-order valence-corrected chi connectivity index (χ2v) is 5.24. The normalized spacial score (nSPS) is 12.7. The van der Waals surface area contributed by atoms with E-state index in [0.29, 0.717) is 0 Å². The molecule has 2 aromatic heterocycles. The fourth-order valence-electron chi connectivity index (χ4n) is 2.76. The maximum atomic E-state index is 5.77. The molecule has 0 spiro atoms. The molecule has 0 aliphatic heterocycles. The summed E-state index contributed by atoms with van der Waals surface area (Å²) in [5.74, 6) is 5.77. The summed E-state index contributed by atoms with van der Waals surface area (Å²) in [5, 5.41) is 5.56. The summed E-state index contributed by atoms with van der Waals surface area (Å²) in [7, 11) is 1.94. The molecule has 0 aliphatic rings. The second-order valence-electron chi connectivity index (χ2n) is 5.24. The molecule has 0 amide bonds. The van der Waals surface area contributed by atoms with Gasteiger partial charge in [0.25, 0.3) is 0 Å². The van der Waals surface area contributed by atoms with Gasteiger partial charge in [-0.1, -0.05) is 18.2 Å². The number of aromatic nitrogens is 3. The van der Waals surface area contributed by atoms with Crippen LogP contribution in [0.15, 0.2) is 42.6 Å². The molecule has 0 saturated heterocycles. The monoisotopic (exact) mass is 281 g/mol. The molecule has 5 nitrogen and oxygen atoms in total. The van der Waals surface area contributed by atoms with Crippen LogP contribution < -0.4 is 11.3 Å². The highest BCUT2D eigenvalue weighted by Gasteiger charge is 2.16. The number of aryl methyl sites for hydroxylation is 2. The molecule has 5 heteroatoms. The highest BCUT2D eigenvalue weighted by Crippen LogP contribution is 2.23. The largest absolute Gasteiger partial charge is 0.271 e. The van der Waals surface area contributed by atoms with Crippen LogP contribution in [0.25, 0.3) is 10.9 Å². The molecule has 3 rings (SSSR count). The van der Waals surface area contributed by atoms with E-state index in [9.17, 15) is 0 Å². The molecule has 0 radical (unpaired) electrons. The number of nitrogens with one attached hydrogen (secondary N) is 1. The van der Waals surface area contributed by atoms with E-state index in [1.54, 1.807) is 0 Å². The van der Waals surface area contributed by atoms with Crippen molar-refractivity contribution in [1.29, 1.82) is 0 Å². The zero-order chi connectivity index (χ0) is 14.8. The van der Waals surface area contributed by atoms with Gasteiger partial charge in [-0.25, -0.2) is 0 Å². The molecule has 0 fully saturated rings. The van der Waals surface area contributed by atoms with E-state index in [0.717, 1.165) is 23.3 Å². The van der Waals surface area contributed by atoms with Crippen molar-refractivity contribution in [1.82, 2.24) is 20.2 Å². The van der Waals surface area contributed by atoms with Crippen LogP contribution in [0.5, 0.6) is 0 Å². The van der Waals surface area contributed by atoms with Crippen LogP contribution in [0.4, 0.5) is 0 Å². The van der Waals surface area contributed by atoms with E-state index in [-0.39, 0.29) is 6.04 Å². The third kappa shape index (κ3) is 2.66. The molecule has 0 saturated carbocycles. The first-order valence-corrected chi connectivity index (χ1v) is 6.98. The molecule has 3 N–H and O–H groups in total. The average Bonchev–Trinajstić information content (AvgIpc) is 2.83. The minimum Gasteiger partial charge on any atom is -0.271 e. The molecular formula is C16H19N5. The highest BCUT2D eigenvalue weighted by atomic mass is 15.3. The van der Waals surface area contributed by atoms with Crippen molar-refractivity contribution in [2.75, 3.05) is 0 Å². The van der Waals surface area contributed by atoms with E-state index in [4.69, 9.17) is 5.84 Å². The van der Waals surface area contributed by atoms with Gasteiger partial charge in [-0.2, -0.15) is 5.10 Å². The van der Waals surface area contributed by atoms with E-state index < -0.39 is 0 Å². The summed E-state index contributed by atoms with van der Waals surface area (Å²) in [6.07, 6.45) is 2.64. The van der Waals surface area contributed by atoms with Gasteiger partial charge < -0.3 is 0 Å². The lowest BCUT2D eigenvalue weighted by atomic mass is 10.00. The predicted octanol–water partition coefficient (Wildman–Crippen LogP) is 2.02. The number of nitrogens with zero attached hydrogens (tertiary/aromatic N) is 3. The maximum absolute atomic E-state index is 5.77. The average molecular weight is 281 g/mol. The SMILES string of the molecule is Cc1cc(C(Cc2ccnc3ccccc23)NN)n(C)n1. The minimum atomic E-state index is 0.0157. The molecule has 1 atom stereocenters. The molecule has 1 aromatic carbocycles. The molecule has 0 aliphatic carbocycles. The molecule has 1 unspecified atom stereocenters. The van der Waals surface area contributed by atoms with Crippen LogP contribution >= 0.6 is 0 Å². The van der Waals surface area contributed by atoms with Gasteiger partial charge in [-0.3, -0.25) is 20.9 Å². The van der Waals surface area contributed by atoms with E-state index in [2.05, 4.69) is 33.7 Å². The first-order valence-electron chi connectivity index (χ1n) is 6.98. The van der Waals surface area contributed by atoms with Crippen molar-refractivity contribution in [3.63, 3.8) is 0 Å². The van der Waals surface area contributed by atoms with Gasteiger partial charge in [-0.05, 0) is 37.1 Å². The van der Waals surface area contributed by atoms with Gasteiger partial charge in [0.1, 0.15) is 0 Å². The molecule has 3 aromatic rings. The van der Waals surface area contributed by atoms with E-state index in [1.165, 1.54) is 10.9 Å². The highest BCUT2D eigenvalue weighted by molar-refractivity contribution is 5.81. The lowest BCUT2D eigenvalue weighted by Crippen LogP contribution is -2.31. The van der Waals surface area contributed by atoms with Crippen LogP contribution in [0.1, 0.15) is 23.0 Å². The molecule has 108 valence electrons.